The standard InChI is InChI=1S/C13H9ClN2O2/c1-2-18-13(17)6-4-9-3-5-10-11(7-9)16-12(14)8-15-10/h3,5,7-8H,2H2,1H3. The number of aromatic nitrogens is 2. The van der Waals surface area contributed by atoms with E-state index in [4.69, 9.17) is 16.3 Å². The van der Waals surface area contributed by atoms with Crippen LogP contribution in [0.3, 0.4) is 0 Å². The quantitative estimate of drug-likeness (QED) is 0.583. The lowest BCUT2D eigenvalue weighted by atomic mass is 10.2. The maximum absolute atomic E-state index is 11.1. The number of ether oxygens (including phenoxy) is 1. The molecule has 2 aromatic rings. The van der Waals surface area contributed by atoms with Gasteiger partial charge in [0.15, 0.2) is 0 Å². The van der Waals surface area contributed by atoms with Crippen molar-refractivity contribution in [3.8, 4) is 11.8 Å². The molecule has 1 aromatic carbocycles. The molecule has 2 rings (SSSR count). The Kier molecular flexibility index (Phi) is 3.75. The molecular formula is C13H9ClN2O2. The van der Waals surface area contributed by atoms with Crippen molar-refractivity contribution in [1.82, 2.24) is 9.97 Å². The van der Waals surface area contributed by atoms with Gasteiger partial charge >= 0.3 is 5.97 Å². The molecule has 0 spiro atoms. The first-order chi connectivity index (χ1) is 8.69. The summed E-state index contributed by atoms with van der Waals surface area (Å²) in [7, 11) is 0. The molecule has 0 aliphatic heterocycles. The van der Waals surface area contributed by atoms with Crippen LogP contribution in [0.5, 0.6) is 0 Å². The van der Waals surface area contributed by atoms with Gasteiger partial charge in [0, 0.05) is 11.5 Å². The van der Waals surface area contributed by atoms with Gasteiger partial charge in [-0.2, -0.15) is 0 Å². The fourth-order valence-corrected chi connectivity index (χ4v) is 1.50. The number of fused-ring (bicyclic) bond motifs is 1. The fourth-order valence-electron chi connectivity index (χ4n) is 1.36. The van der Waals surface area contributed by atoms with Crippen molar-refractivity contribution in [3.63, 3.8) is 0 Å². The largest absolute Gasteiger partial charge is 0.456 e. The minimum atomic E-state index is -0.547. The Morgan fingerprint density at radius 2 is 2.28 bits per heavy atom. The van der Waals surface area contributed by atoms with Gasteiger partial charge in [0.2, 0.25) is 0 Å². The molecule has 1 heterocycles. The van der Waals surface area contributed by atoms with Crippen LogP contribution in [0.25, 0.3) is 11.0 Å². The lowest BCUT2D eigenvalue weighted by molar-refractivity contribution is -0.136. The van der Waals surface area contributed by atoms with Crippen molar-refractivity contribution in [2.75, 3.05) is 6.61 Å². The van der Waals surface area contributed by atoms with Crippen LogP contribution in [-0.4, -0.2) is 22.5 Å². The third-order valence-electron chi connectivity index (χ3n) is 2.10. The van der Waals surface area contributed by atoms with Gasteiger partial charge in [0.05, 0.1) is 23.8 Å². The SMILES string of the molecule is CCOC(=O)C#Cc1ccc2ncc(Cl)nc2c1. The van der Waals surface area contributed by atoms with Gasteiger partial charge in [-0.25, -0.2) is 9.78 Å². The van der Waals surface area contributed by atoms with Crippen LogP contribution >= 0.6 is 11.6 Å². The highest BCUT2D eigenvalue weighted by Gasteiger charge is 1.99. The molecule has 1 aromatic heterocycles. The van der Waals surface area contributed by atoms with Gasteiger partial charge in [0.1, 0.15) is 5.15 Å². The lowest BCUT2D eigenvalue weighted by Crippen LogP contribution is -1.99. The van der Waals surface area contributed by atoms with Gasteiger partial charge in [-0.1, -0.05) is 17.5 Å². The summed E-state index contributed by atoms with van der Waals surface area (Å²) in [6, 6.07) is 5.26. The van der Waals surface area contributed by atoms with E-state index < -0.39 is 5.97 Å². The molecule has 0 atom stereocenters. The van der Waals surface area contributed by atoms with Crippen LogP contribution < -0.4 is 0 Å². The highest BCUT2D eigenvalue weighted by molar-refractivity contribution is 6.29. The second-order valence-corrected chi connectivity index (χ2v) is 3.75. The number of esters is 1. The Balaban J connectivity index is 2.32. The molecule has 0 N–H and O–H groups in total. The second kappa shape index (κ2) is 5.48. The molecule has 0 bridgehead atoms. The summed E-state index contributed by atoms with van der Waals surface area (Å²) in [5, 5.41) is 0.318. The number of rotatable bonds is 1. The van der Waals surface area contributed by atoms with Crippen molar-refractivity contribution in [1.29, 1.82) is 0 Å². The molecule has 0 radical (unpaired) electrons. The number of carbonyl (C=O) groups excluding carboxylic acids is 1. The molecule has 0 amide bonds. The van der Waals surface area contributed by atoms with E-state index in [1.165, 1.54) is 6.20 Å². The van der Waals surface area contributed by atoms with E-state index in [-0.39, 0.29) is 0 Å². The molecule has 0 saturated carbocycles. The van der Waals surface area contributed by atoms with E-state index in [1.54, 1.807) is 25.1 Å². The van der Waals surface area contributed by atoms with Crippen molar-refractivity contribution in [2.24, 2.45) is 0 Å². The van der Waals surface area contributed by atoms with E-state index in [0.29, 0.717) is 22.8 Å². The minimum Gasteiger partial charge on any atom is -0.456 e. The number of hydrogen-bond donors (Lipinski definition) is 0. The van der Waals surface area contributed by atoms with Crippen molar-refractivity contribution in [3.05, 3.63) is 35.1 Å². The monoisotopic (exact) mass is 260 g/mol. The van der Waals surface area contributed by atoms with E-state index in [0.717, 1.165) is 5.52 Å². The molecule has 4 nitrogen and oxygen atoms in total. The van der Waals surface area contributed by atoms with E-state index in [2.05, 4.69) is 21.8 Å². The number of carbonyl (C=O) groups is 1. The predicted octanol–water partition coefficient (Wildman–Crippen LogP) is 2.20. The Hall–Kier alpha value is -2.12. The van der Waals surface area contributed by atoms with Gasteiger partial charge in [-0.3, -0.25) is 4.98 Å². The summed E-state index contributed by atoms with van der Waals surface area (Å²) in [6.45, 7) is 2.04. The third kappa shape index (κ3) is 2.96. The van der Waals surface area contributed by atoms with Crippen LogP contribution in [0.4, 0.5) is 0 Å². The fraction of sp³-hybridized carbons (Fsp3) is 0.154. The van der Waals surface area contributed by atoms with Gasteiger partial charge in [-0.15, -0.1) is 0 Å². The summed E-state index contributed by atoms with van der Waals surface area (Å²) < 4.78 is 4.71. The Morgan fingerprint density at radius 3 is 3.06 bits per heavy atom. The highest BCUT2D eigenvalue weighted by Crippen LogP contribution is 2.13. The molecule has 90 valence electrons. The number of nitrogens with zero attached hydrogens (tertiary/aromatic N) is 2. The summed E-state index contributed by atoms with van der Waals surface area (Å²) in [6.07, 6.45) is 1.48. The zero-order valence-electron chi connectivity index (χ0n) is 9.61. The zero-order chi connectivity index (χ0) is 13.0. The van der Waals surface area contributed by atoms with Crippen LogP contribution in [0.2, 0.25) is 5.15 Å². The minimum absolute atomic E-state index is 0.312. The summed E-state index contributed by atoms with van der Waals surface area (Å²) in [5.74, 6) is 4.55. The third-order valence-corrected chi connectivity index (χ3v) is 2.28. The molecule has 18 heavy (non-hydrogen) atoms. The normalized spacial score (nSPS) is 9.67. The molecule has 0 aliphatic carbocycles. The first-order valence-electron chi connectivity index (χ1n) is 5.30. The molecule has 0 fully saturated rings. The van der Waals surface area contributed by atoms with Crippen LogP contribution in [0, 0.1) is 11.8 Å². The smallest absolute Gasteiger partial charge is 0.384 e. The van der Waals surface area contributed by atoms with Crippen molar-refractivity contribution < 1.29 is 9.53 Å². The maximum Gasteiger partial charge on any atom is 0.384 e. The van der Waals surface area contributed by atoms with Crippen LogP contribution in [0.1, 0.15) is 12.5 Å². The van der Waals surface area contributed by atoms with Gasteiger partial charge < -0.3 is 4.74 Å². The van der Waals surface area contributed by atoms with Gasteiger partial charge in [0.25, 0.3) is 0 Å². The maximum atomic E-state index is 11.1. The molecule has 0 unspecified atom stereocenters. The van der Waals surface area contributed by atoms with E-state index >= 15 is 0 Å². The van der Waals surface area contributed by atoms with Crippen LogP contribution in [0.15, 0.2) is 24.4 Å². The molecular weight excluding hydrogens is 252 g/mol. The Morgan fingerprint density at radius 1 is 1.44 bits per heavy atom. The number of benzene rings is 1. The molecule has 5 heteroatoms. The predicted molar refractivity (Wildman–Crippen MR) is 68.1 cm³/mol. The summed E-state index contributed by atoms with van der Waals surface area (Å²) in [4.78, 5) is 19.3. The lowest BCUT2D eigenvalue weighted by Gasteiger charge is -1.97. The molecule has 0 aliphatic rings. The second-order valence-electron chi connectivity index (χ2n) is 3.37. The van der Waals surface area contributed by atoms with Crippen molar-refractivity contribution in [2.45, 2.75) is 6.92 Å². The summed E-state index contributed by atoms with van der Waals surface area (Å²) >= 11 is 5.76. The zero-order valence-corrected chi connectivity index (χ0v) is 10.4. The molecule has 0 saturated heterocycles. The summed E-state index contributed by atoms with van der Waals surface area (Å²) in [5.41, 5.74) is 2.02. The number of hydrogen-bond acceptors (Lipinski definition) is 4. The highest BCUT2D eigenvalue weighted by atomic mass is 35.5. The van der Waals surface area contributed by atoms with E-state index in [9.17, 15) is 4.79 Å². The van der Waals surface area contributed by atoms with Gasteiger partial charge in [-0.05, 0) is 25.1 Å². The average molecular weight is 261 g/mol. The van der Waals surface area contributed by atoms with E-state index in [1.807, 2.05) is 0 Å². The first-order valence-corrected chi connectivity index (χ1v) is 5.68. The van der Waals surface area contributed by atoms with Crippen molar-refractivity contribution >= 4 is 28.6 Å². The Bertz CT molecular complexity index is 659. The van der Waals surface area contributed by atoms with Crippen LogP contribution in [-0.2, 0) is 9.53 Å². The Labute approximate surface area is 109 Å². The number of halogens is 1. The average Bonchev–Trinajstić information content (AvgIpc) is 2.36. The first kappa shape index (κ1) is 12.3. The topological polar surface area (TPSA) is 52.1 Å².